The number of nitrogens with one attached hydrogen (secondary N) is 1. The van der Waals surface area contributed by atoms with E-state index in [0.717, 1.165) is 12.8 Å². The molecule has 3 rings (SSSR count). The van der Waals surface area contributed by atoms with E-state index in [0.29, 0.717) is 5.69 Å². The molecule has 4 nitrogen and oxygen atoms in total. The van der Waals surface area contributed by atoms with Gasteiger partial charge in [-0.15, -0.1) is 0 Å². The van der Waals surface area contributed by atoms with Crippen LogP contribution in [-0.2, 0) is 12.8 Å². The number of nitrogens with zero attached hydrogens (tertiary/aromatic N) is 2. The number of aromatic nitrogens is 2. The highest BCUT2D eigenvalue weighted by Gasteiger charge is 2.23. The average molecular weight is 239 g/mol. The number of benzene rings is 1. The molecule has 1 N–H and O–H groups in total. The summed E-state index contributed by atoms with van der Waals surface area (Å²) in [6.07, 6.45) is 6.35. The number of carbonyl (C=O) groups is 1. The molecule has 0 saturated carbocycles. The third-order valence-electron chi connectivity index (χ3n) is 3.18. The van der Waals surface area contributed by atoms with Gasteiger partial charge >= 0.3 is 0 Å². The van der Waals surface area contributed by atoms with Crippen molar-refractivity contribution in [1.29, 1.82) is 0 Å². The average Bonchev–Trinajstić information content (AvgIpc) is 2.82. The molecule has 1 aromatic heterocycles. The van der Waals surface area contributed by atoms with Gasteiger partial charge in [-0.25, -0.2) is 4.98 Å². The van der Waals surface area contributed by atoms with Crippen molar-refractivity contribution in [2.75, 3.05) is 0 Å². The van der Waals surface area contributed by atoms with Crippen LogP contribution in [0.3, 0.4) is 0 Å². The van der Waals surface area contributed by atoms with Crippen LogP contribution in [0.5, 0.6) is 0 Å². The Hall–Kier alpha value is -2.23. The third kappa shape index (κ3) is 2.09. The van der Waals surface area contributed by atoms with Crippen LogP contribution < -0.4 is 5.32 Å². The van der Waals surface area contributed by atoms with Gasteiger partial charge < -0.3 is 5.32 Å². The largest absolute Gasteiger partial charge is 0.347 e. The van der Waals surface area contributed by atoms with Gasteiger partial charge in [-0.05, 0) is 24.0 Å². The Balaban J connectivity index is 1.68. The summed E-state index contributed by atoms with van der Waals surface area (Å²) in [5.74, 6) is -0.152. The second-order valence-electron chi connectivity index (χ2n) is 4.44. The van der Waals surface area contributed by atoms with Crippen LogP contribution in [0.25, 0.3) is 0 Å². The fourth-order valence-corrected chi connectivity index (χ4v) is 2.34. The maximum atomic E-state index is 11.9. The monoisotopic (exact) mass is 239 g/mol. The van der Waals surface area contributed by atoms with Crippen LogP contribution in [0.2, 0.25) is 0 Å². The molecule has 0 unspecified atom stereocenters. The van der Waals surface area contributed by atoms with Crippen molar-refractivity contribution in [2.24, 2.45) is 0 Å². The lowest BCUT2D eigenvalue weighted by atomic mass is 10.1. The van der Waals surface area contributed by atoms with Gasteiger partial charge in [-0.1, -0.05) is 24.3 Å². The van der Waals surface area contributed by atoms with Gasteiger partial charge in [0.2, 0.25) is 0 Å². The van der Waals surface area contributed by atoms with Crippen LogP contribution in [0.1, 0.15) is 21.6 Å². The first-order chi connectivity index (χ1) is 8.83. The van der Waals surface area contributed by atoms with E-state index in [4.69, 9.17) is 0 Å². The Bertz CT molecular complexity index is 543. The standard InChI is InChI=1S/C14H13N3O/c18-14(13-9-15-5-6-16-13)17-12-7-10-3-1-2-4-11(10)8-12/h1-6,9,12H,7-8H2,(H,17,18). The quantitative estimate of drug-likeness (QED) is 0.861. The number of hydrogen-bond acceptors (Lipinski definition) is 3. The maximum absolute atomic E-state index is 11.9. The Morgan fingerprint density at radius 1 is 1.17 bits per heavy atom. The minimum atomic E-state index is -0.152. The molecule has 0 bridgehead atoms. The summed E-state index contributed by atoms with van der Waals surface area (Å²) in [5, 5.41) is 3.00. The zero-order valence-electron chi connectivity index (χ0n) is 9.84. The molecule has 0 aliphatic heterocycles. The highest BCUT2D eigenvalue weighted by Crippen LogP contribution is 2.21. The zero-order chi connectivity index (χ0) is 12.4. The Morgan fingerprint density at radius 2 is 1.89 bits per heavy atom. The molecular weight excluding hydrogens is 226 g/mol. The molecule has 0 radical (unpaired) electrons. The van der Waals surface area contributed by atoms with Crippen molar-refractivity contribution >= 4 is 5.91 Å². The van der Waals surface area contributed by atoms with E-state index in [1.807, 2.05) is 12.1 Å². The smallest absolute Gasteiger partial charge is 0.271 e. The Morgan fingerprint density at radius 3 is 2.50 bits per heavy atom. The predicted octanol–water partition coefficient (Wildman–Crippen LogP) is 1.37. The first-order valence-corrected chi connectivity index (χ1v) is 5.96. The SMILES string of the molecule is O=C(NC1Cc2ccccc2C1)c1cnccn1. The molecule has 18 heavy (non-hydrogen) atoms. The lowest BCUT2D eigenvalue weighted by molar-refractivity contribution is 0.0933. The molecule has 1 aliphatic carbocycles. The van der Waals surface area contributed by atoms with Gasteiger partial charge in [-0.2, -0.15) is 0 Å². The van der Waals surface area contributed by atoms with E-state index in [1.165, 1.54) is 23.5 Å². The molecule has 1 heterocycles. The molecule has 4 heteroatoms. The molecular formula is C14H13N3O. The minimum absolute atomic E-state index is 0.152. The Labute approximate surface area is 105 Å². The van der Waals surface area contributed by atoms with Gasteiger partial charge in [0.15, 0.2) is 0 Å². The molecule has 1 aliphatic rings. The first-order valence-electron chi connectivity index (χ1n) is 5.96. The van der Waals surface area contributed by atoms with Crippen LogP contribution in [0, 0.1) is 0 Å². The van der Waals surface area contributed by atoms with E-state index in [2.05, 4.69) is 27.4 Å². The zero-order valence-corrected chi connectivity index (χ0v) is 9.84. The van der Waals surface area contributed by atoms with Crippen molar-refractivity contribution in [3.8, 4) is 0 Å². The molecule has 0 spiro atoms. The molecule has 1 amide bonds. The summed E-state index contributed by atoms with van der Waals surface area (Å²) < 4.78 is 0. The molecule has 0 fully saturated rings. The van der Waals surface area contributed by atoms with Gasteiger partial charge in [0, 0.05) is 18.4 Å². The second kappa shape index (κ2) is 4.56. The number of fused-ring (bicyclic) bond motifs is 1. The summed E-state index contributed by atoms with van der Waals surface area (Å²) >= 11 is 0. The molecule has 90 valence electrons. The molecule has 2 aromatic rings. The van der Waals surface area contributed by atoms with Crippen molar-refractivity contribution in [3.05, 3.63) is 59.7 Å². The van der Waals surface area contributed by atoms with E-state index in [9.17, 15) is 4.79 Å². The number of carbonyl (C=O) groups excluding carboxylic acids is 1. The maximum Gasteiger partial charge on any atom is 0.271 e. The van der Waals surface area contributed by atoms with E-state index < -0.39 is 0 Å². The van der Waals surface area contributed by atoms with E-state index >= 15 is 0 Å². The topological polar surface area (TPSA) is 54.9 Å². The van der Waals surface area contributed by atoms with Gasteiger partial charge in [0.05, 0.1) is 6.20 Å². The number of hydrogen-bond donors (Lipinski definition) is 1. The van der Waals surface area contributed by atoms with Crippen molar-refractivity contribution in [1.82, 2.24) is 15.3 Å². The minimum Gasteiger partial charge on any atom is -0.347 e. The van der Waals surface area contributed by atoms with Crippen LogP contribution in [0.4, 0.5) is 0 Å². The fourth-order valence-electron chi connectivity index (χ4n) is 2.34. The van der Waals surface area contributed by atoms with Gasteiger partial charge in [0.1, 0.15) is 5.69 Å². The van der Waals surface area contributed by atoms with Crippen molar-refractivity contribution < 1.29 is 4.79 Å². The summed E-state index contributed by atoms with van der Waals surface area (Å²) in [5.41, 5.74) is 3.01. The second-order valence-corrected chi connectivity index (χ2v) is 4.44. The fraction of sp³-hybridized carbons (Fsp3) is 0.214. The number of rotatable bonds is 2. The third-order valence-corrected chi connectivity index (χ3v) is 3.18. The molecule has 0 atom stereocenters. The Kier molecular flexibility index (Phi) is 2.76. The van der Waals surface area contributed by atoms with Gasteiger partial charge in [-0.3, -0.25) is 9.78 Å². The summed E-state index contributed by atoms with van der Waals surface area (Å²) in [7, 11) is 0. The lowest BCUT2D eigenvalue weighted by Crippen LogP contribution is -2.35. The first kappa shape index (κ1) is 10.9. The van der Waals surface area contributed by atoms with Crippen LogP contribution in [0.15, 0.2) is 42.9 Å². The predicted molar refractivity (Wildman–Crippen MR) is 67.1 cm³/mol. The molecule has 0 saturated heterocycles. The van der Waals surface area contributed by atoms with Crippen LogP contribution in [-0.4, -0.2) is 21.9 Å². The highest BCUT2D eigenvalue weighted by atomic mass is 16.1. The van der Waals surface area contributed by atoms with E-state index in [1.54, 1.807) is 6.20 Å². The molecule has 1 aromatic carbocycles. The van der Waals surface area contributed by atoms with Gasteiger partial charge in [0.25, 0.3) is 5.91 Å². The van der Waals surface area contributed by atoms with E-state index in [-0.39, 0.29) is 11.9 Å². The van der Waals surface area contributed by atoms with Crippen molar-refractivity contribution in [2.45, 2.75) is 18.9 Å². The summed E-state index contributed by atoms with van der Waals surface area (Å²) in [4.78, 5) is 19.8. The normalized spacial score (nSPS) is 14.2. The highest BCUT2D eigenvalue weighted by molar-refractivity contribution is 5.92. The lowest BCUT2D eigenvalue weighted by Gasteiger charge is -2.11. The number of amides is 1. The van der Waals surface area contributed by atoms with Crippen LogP contribution >= 0.6 is 0 Å². The summed E-state index contributed by atoms with van der Waals surface area (Å²) in [6.45, 7) is 0. The van der Waals surface area contributed by atoms with Crippen molar-refractivity contribution in [3.63, 3.8) is 0 Å². The summed E-state index contributed by atoms with van der Waals surface area (Å²) in [6, 6.07) is 8.46.